The summed E-state index contributed by atoms with van der Waals surface area (Å²) in [6.45, 7) is 6.34. The molecule has 0 atom stereocenters. The largest absolute Gasteiger partial charge is 0.358 e. The predicted molar refractivity (Wildman–Crippen MR) is 99.4 cm³/mol. The first kappa shape index (κ1) is 16.6. The number of rotatable bonds is 4. The molecule has 3 nitrogen and oxygen atoms in total. The fraction of sp³-hybridized carbons (Fsp3) is 0.250. The van der Waals surface area contributed by atoms with Crippen molar-refractivity contribution in [1.29, 1.82) is 0 Å². The Labute approximate surface area is 147 Å². The lowest BCUT2D eigenvalue weighted by Crippen LogP contribution is -2.40. The van der Waals surface area contributed by atoms with Gasteiger partial charge in [-0.2, -0.15) is 0 Å². The second-order valence-corrected chi connectivity index (χ2v) is 6.98. The van der Waals surface area contributed by atoms with Crippen molar-refractivity contribution in [2.24, 2.45) is 0 Å². The molecule has 0 unspecified atom stereocenters. The molecule has 0 aliphatic rings. The minimum Gasteiger partial charge on any atom is -0.358 e. The number of aromatic amines is 1. The van der Waals surface area contributed by atoms with Gasteiger partial charge in [-0.3, -0.25) is 4.79 Å². The predicted octanol–water partition coefficient (Wildman–Crippen LogP) is 4.72. The summed E-state index contributed by atoms with van der Waals surface area (Å²) < 4.78 is 0. The molecular weight excluding hydrogens is 320 g/mol. The van der Waals surface area contributed by atoms with Crippen molar-refractivity contribution in [3.05, 3.63) is 70.4 Å². The van der Waals surface area contributed by atoms with Crippen LogP contribution in [-0.2, 0) is 16.8 Å². The molecule has 0 aliphatic carbocycles. The zero-order valence-electron chi connectivity index (χ0n) is 14.1. The van der Waals surface area contributed by atoms with E-state index in [1.807, 2.05) is 63.2 Å². The van der Waals surface area contributed by atoms with E-state index in [-0.39, 0.29) is 5.91 Å². The molecule has 0 fully saturated rings. The highest BCUT2D eigenvalue weighted by atomic mass is 35.5. The molecule has 124 valence electrons. The first-order valence-electron chi connectivity index (χ1n) is 8.00. The van der Waals surface area contributed by atoms with E-state index in [1.165, 1.54) is 0 Å². The van der Waals surface area contributed by atoms with Gasteiger partial charge in [0.05, 0.1) is 5.41 Å². The number of halogens is 1. The first-order chi connectivity index (χ1) is 11.4. The fourth-order valence-electron chi connectivity index (χ4n) is 3.23. The van der Waals surface area contributed by atoms with Crippen molar-refractivity contribution >= 4 is 28.4 Å². The van der Waals surface area contributed by atoms with Crippen LogP contribution in [0.3, 0.4) is 0 Å². The van der Waals surface area contributed by atoms with Crippen molar-refractivity contribution in [2.75, 3.05) is 0 Å². The molecule has 1 heterocycles. The van der Waals surface area contributed by atoms with Gasteiger partial charge in [-0.15, -0.1) is 0 Å². The van der Waals surface area contributed by atoms with Gasteiger partial charge >= 0.3 is 0 Å². The molecule has 3 aromatic rings. The third kappa shape index (κ3) is 2.92. The normalized spacial score (nSPS) is 11.7. The number of hydrogen-bond acceptors (Lipinski definition) is 1. The van der Waals surface area contributed by atoms with E-state index in [0.29, 0.717) is 11.6 Å². The quantitative estimate of drug-likeness (QED) is 0.709. The summed E-state index contributed by atoms with van der Waals surface area (Å²) in [4.78, 5) is 16.2. The van der Waals surface area contributed by atoms with Crippen LogP contribution in [0.1, 0.15) is 30.7 Å². The van der Waals surface area contributed by atoms with Crippen LogP contribution >= 0.6 is 11.6 Å². The summed E-state index contributed by atoms with van der Waals surface area (Å²) >= 11 is 6.17. The lowest BCUT2D eigenvalue weighted by Gasteiger charge is -2.25. The molecule has 4 heteroatoms. The van der Waals surface area contributed by atoms with Gasteiger partial charge in [0.1, 0.15) is 0 Å². The Bertz CT molecular complexity index is 896. The Morgan fingerprint density at radius 1 is 1.12 bits per heavy atom. The molecule has 1 amide bonds. The van der Waals surface area contributed by atoms with Gasteiger partial charge in [0.15, 0.2) is 0 Å². The summed E-state index contributed by atoms with van der Waals surface area (Å²) in [7, 11) is 0. The number of nitrogens with one attached hydrogen (secondary N) is 2. The van der Waals surface area contributed by atoms with Crippen LogP contribution in [0.2, 0.25) is 5.02 Å². The van der Waals surface area contributed by atoms with Crippen molar-refractivity contribution in [2.45, 2.75) is 32.7 Å². The molecule has 0 saturated carbocycles. The van der Waals surface area contributed by atoms with Crippen LogP contribution in [0, 0.1) is 6.92 Å². The second kappa shape index (κ2) is 6.33. The average molecular weight is 341 g/mol. The number of H-pyrrole nitrogens is 1. The van der Waals surface area contributed by atoms with E-state index in [0.717, 1.165) is 27.7 Å². The fourth-order valence-corrected chi connectivity index (χ4v) is 3.44. The standard InChI is InChI=1S/C20H21ClN2O/c1-13-18(15-9-5-7-11-17(15)23-13)20(2,3)19(24)22-12-14-8-4-6-10-16(14)21/h4-11,23H,12H2,1-3H3,(H,22,24). The van der Waals surface area contributed by atoms with E-state index < -0.39 is 5.41 Å². The lowest BCUT2D eigenvalue weighted by atomic mass is 9.81. The van der Waals surface area contributed by atoms with Gasteiger partial charge in [-0.25, -0.2) is 0 Å². The molecule has 0 bridgehead atoms. The molecule has 3 rings (SSSR count). The second-order valence-electron chi connectivity index (χ2n) is 6.57. The number of carbonyl (C=O) groups excluding carboxylic acids is 1. The number of carbonyl (C=O) groups is 1. The van der Waals surface area contributed by atoms with Crippen LogP contribution in [-0.4, -0.2) is 10.9 Å². The number of para-hydroxylation sites is 1. The van der Waals surface area contributed by atoms with Gasteiger partial charge in [0, 0.05) is 28.2 Å². The number of aromatic nitrogens is 1. The monoisotopic (exact) mass is 340 g/mol. The molecule has 0 aliphatic heterocycles. The van der Waals surface area contributed by atoms with Crippen LogP contribution in [0.15, 0.2) is 48.5 Å². The van der Waals surface area contributed by atoms with Gasteiger partial charge in [-0.05, 0) is 44.0 Å². The molecule has 2 aromatic carbocycles. The van der Waals surface area contributed by atoms with E-state index in [9.17, 15) is 4.79 Å². The van der Waals surface area contributed by atoms with Gasteiger partial charge in [-0.1, -0.05) is 48.0 Å². The molecule has 0 saturated heterocycles. The maximum absolute atomic E-state index is 12.9. The van der Waals surface area contributed by atoms with Gasteiger partial charge < -0.3 is 10.3 Å². The molecular formula is C20H21ClN2O. The maximum Gasteiger partial charge on any atom is 0.230 e. The lowest BCUT2D eigenvalue weighted by molar-refractivity contribution is -0.125. The summed E-state index contributed by atoms with van der Waals surface area (Å²) in [6, 6.07) is 15.6. The zero-order valence-corrected chi connectivity index (χ0v) is 14.9. The third-order valence-electron chi connectivity index (χ3n) is 4.48. The smallest absolute Gasteiger partial charge is 0.230 e. The van der Waals surface area contributed by atoms with Crippen LogP contribution in [0.25, 0.3) is 10.9 Å². The van der Waals surface area contributed by atoms with Crippen molar-refractivity contribution in [3.8, 4) is 0 Å². The molecule has 1 aromatic heterocycles. The summed E-state index contributed by atoms with van der Waals surface area (Å²) in [6.07, 6.45) is 0. The van der Waals surface area contributed by atoms with E-state index in [4.69, 9.17) is 11.6 Å². The number of fused-ring (bicyclic) bond motifs is 1. The molecule has 24 heavy (non-hydrogen) atoms. The van der Waals surface area contributed by atoms with Gasteiger partial charge in [0.2, 0.25) is 5.91 Å². The number of aryl methyl sites for hydroxylation is 1. The zero-order chi connectivity index (χ0) is 17.3. The minimum absolute atomic E-state index is 0.0183. The summed E-state index contributed by atoms with van der Waals surface area (Å²) in [5.41, 5.74) is 3.38. The molecule has 0 spiro atoms. The minimum atomic E-state index is -0.648. The summed E-state index contributed by atoms with van der Waals surface area (Å²) in [5, 5.41) is 4.78. The number of benzene rings is 2. The Morgan fingerprint density at radius 3 is 2.54 bits per heavy atom. The molecule has 0 radical (unpaired) electrons. The van der Waals surface area contributed by atoms with E-state index >= 15 is 0 Å². The van der Waals surface area contributed by atoms with E-state index in [1.54, 1.807) is 0 Å². The van der Waals surface area contributed by atoms with Crippen molar-refractivity contribution in [3.63, 3.8) is 0 Å². The third-order valence-corrected chi connectivity index (χ3v) is 4.85. The van der Waals surface area contributed by atoms with Crippen LogP contribution in [0.5, 0.6) is 0 Å². The Balaban J connectivity index is 1.87. The highest BCUT2D eigenvalue weighted by Crippen LogP contribution is 2.33. The summed E-state index contributed by atoms with van der Waals surface area (Å²) in [5.74, 6) is -0.0183. The van der Waals surface area contributed by atoms with Gasteiger partial charge in [0.25, 0.3) is 0 Å². The van der Waals surface area contributed by atoms with Crippen LogP contribution < -0.4 is 5.32 Å². The Kier molecular flexibility index (Phi) is 4.37. The highest BCUT2D eigenvalue weighted by molar-refractivity contribution is 6.31. The van der Waals surface area contributed by atoms with E-state index in [2.05, 4.69) is 16.4 Å². The maximum atomic E-state index is 12.9. The highest BCUT2D eigenvalue weighted by Gasteiger charge is 2.33. The van der Waals surface area contributed by atoms with Crippen molar-refractivity contribution in [1.82, 2.24) is 10.3 Å². The first-order valence-corrected chi connectivity index (χ1v) is 8.38. The Hall–Kier alpha value is -2.26. The topological polar surface area (TPSA) is 44.9 Å². The van der Waals surface area contributed by atoms with Crippen molar-refractivity contribution < 1.29 is 4.79 Å². The molecule has 2 N–H and O–H groups in total. The Morgan fingerprint density at radius 2 is 1.79 bits per heavy atom. The van der Waals surface area contributed by atoms with Crippen LogP contribution in [0.4, 0.5) is 0 Å². The SMILES string of the molecule is Cc1[nH]c2ccccc2c1C(C)(C)C(=O)NCc1ccccc1Cl. The number of amides is 1. The average Bonchev–Trinajstić information content (AvgIpc) is 2.90. The number of hydrogen-bond donors (Lipinski definition) is 2.